The van der Waals surface area contributed by atoms with E-state index in [-0.39, 0.29) is 0 Å². The minimum Gasteiger partial charge on any atom is -0.250 e. The van der Waals surface area contributed by atoms with Crippen LogP contribution in [0, 0.1) is 5.92 Å². The van der Waals surface area contributed by atoms with E-state index in [9.17, 15) is 0 Å². The van der Waals surface area contributed by atoms with Crippen LogP contribution >= 0.6 is 11.6 Å². The highest BCUT2D eigenvalue weighted by molar-refractivity contribution is 6.20. The van der Waals surface area contributed by atoms with Crippen LogP contribution < -0.4 is 0 Å². The quantitative estimate of drug-likeness (QED) is 0.759. The first-order valence-electron chi connectivity index (χ1n) is 6.30. The number of hydrogen-bond acceptors (Lipinski definition) is 2. The molecular formula is C12H20ClN3. The first kappa shape index (κ1) is 11.9. The Morgan fingerprint density at radius 2 is 2.38 bits per heavy atom. The summed E-state index contributed by atoms with van der Waals surface area (Å²) >= 11 is 6.21. The van der Waals surface area contributed by atoms with Gasteiger partial charge in [0.15, 0.2) is 0 Å². The van der Waals surface area contributed by atoms with Gasteiger partial charge >= 0.3 is 0 Å². The molecule has 1 aromatic rings. The van der Waals surface area contributed by atoms with Crippen LogP contribution in [0.15, 0.2) is 6.33 Å². The second kappa shape index (κ2) is 5.67. The minimum absolute atomic E-state index is 0.376. The third-order valence-corrected chi connectivity index (χ3v) is 3.72. The molecule has 0 aromatic carbocycles. The second-order valence-corrected chi connectivity index (χ2v) is 5.35. The topological polar surface area (TPSA) is 30.7 Å². The molecule has 1 heterocycles. The molecule has 4 heteroatoms. The van der Waals surface area contributed by atoms with E-state index in [2.05, 4.69) is 17.0 Å². The van der Waals surface area contributed by atoms with E-state index in [0.717, 1.165) is 31.6 Å². The average molecular weight is 242 g/mol. The van der Waals surface area contributed by atoms with Crippen LogP contribution in [0.4, 0.5) is 0 Å². The second-order valence-electron chi connectivity index (χ2n) is 4.73. The fourth-order valence-electron chi connectivity index (χ4n) is 2.51. The first-order chi connectivity index (χ1) is 7.79. The Kier molecular flexibility index (Phi) is 4.22. The highest BCUT2D eigenvalue weighted by Gasteiger charge is 2.22. The van der Waals surface area contributed by atoms with Gasteiger partial charge in [0.25, 0.3) is 0 Å². The zero-order valence-electron chi connectivity index (χ0n) is 9.90. The van der Waals surface area contributed by atoms with Gasteiger partial charge in [-0.25, -0.2) is 4.98 Å². The number of hydrogen-bond donors (Lipinski definition) is 0. The highest BCUT2D eigenvalue weighted by Crippen LogP contribution is 2.29. The van der Waals surface area contributed by atoms with Gasteiger partial charge in [-0.15, -0.1) is 11.6 Å². The Hall–Kier alpha value is -0.570. The van der Waals surface area contributed by atoms with E-state index in [1.54, 1.807) is 6.33 Å². The number of nitrogens with zero attached hydrogens (tertiary/aromatic N) is 3. The molecule has 2 atom stereocenters. The Morgan fingerprint density at radius 3 is 3.12 bits per heavy atom. The molecule has 3 nitrogen and oxygen atoms in total. The van der Waals surface area contributed by atoms with Gasteiger partial charge in [-0.05, 0) is 31.6 Å². The van der Waals surface area contributed by atoms with E-state index < -0.39 is 0 Å². The Balaban J connectivity index is 1.94. The molecule has 0 N–H and O–H groups in total. The van der Waals surface area contributed by atoms with E-state index in [0.29, 0.717) is 11.3 Å². The summed E-state index contributed by atoms with van der Waals surface area (Å²) in [6.07, 6.45) is 8.71. The van der Waals surface area contributed by atoms with Gasteiger partial charge in [0.2, 0.25) is 0 Å². The predicted octanol–water partition coefficient (Wildman–Crippen LogP) is 3.03. The number of aryl methyl sites for hydroxylation is 1. The van der Waals surface area contributed by atoms with Crippen LogP contribution in [0.3, 0.4) is 0 Å². The molecule has 1 aromatic heterocycles. The van der Waals surface area contributed by atoms with Gasteiger partial charge in [-0.1, -0.05) is 13.3 Å². The lowest BCUT2D eigenvalue weighted by Gasteiger charge is -2.24. The maximum atomic E-state index is 6.21. The lowest BCUT2D eigenvalue weighted by atomic mass is 9.86. The summed E-state index contributed by atoms with van der Waals surface area (Å²) in [5, 5.41) is 4.64. The summed E-state index contributed by atoms with van der Waals surface area (Å²) in [7, 11) is 0. The molecule has 0 spiro atoms. The SMILES string of the molecule is CCCn1ncnc1CC1CCCC(Cl)C1. The molecule has 1 fully saturated rings. The van der Waals surface area contributed by atoms with E-state index in [1.807, 2.05) is 4.68 Å². The van der Waals surface area contributed by atoms with Crippen LogP contribution in [0.5, 0.6) is 0 Å². The van der Waals surface area contributed by atoms with Crippen LogP contribution in [0.2, 0.25) is 0 Å². The van der Waals surface area contributed by atoms with Crippen molar-refractivity contribution in [1.82, 2.24) is 14.8 Å². The van der Waals surface area contributed by atoms with Crippen molar-refractivity contribution in [2.45, 2.75) is 57.4 Å². The third kappa shape index (κ3) is 2.97. The Morgan fingerprint density at radius 1 is 1.50 bits per heavy atom. The van der Waals surface area contributed by atoms with Crippen LogP contribution in [-0.4, -0.2) is 20.1 Å². The lowest BCUT2D eigenvalue weighted by molar-refractivity contribution is 0.349. The monoisotopic (exact) mass is 241 g/mol. The smallest absolute Gasteiger partial charge is 0.138 e. The van der Waals surface area contributed by atoms with E-state index >= 15 is 0 Å². The molecule has 0 radical (unpaired) electrons. The van der Waals surface area contributed by atoms with Crippen molar-refractivity contribution in [3.8, 4) is 0 Å². The molecule has 1 aliphatic carbocycles. The normalized spacial score (nSPS) is 25.9. The summed E-state index contributed by atoms with van der Waals surface area (Å²) in [6, 6.07) is 0. The molecule has 0 saturated heterocycles. The highest BCUT2D eigenvalue weighted by atomic mass is 35.5. The maximum absolute atomic E-state index is 6.21. The van der Waals surface area contributed by atoms with Crippen LogP contribution in [0.1, 0.15) is 44.9 Å². The molecule has 0 amide bonds. The van der Waals surface area contributed by atoms with E-state index in [4.69, 9.17) is 11.6 Å². The van der Waals surface area contributed by atoms with Crippen LogP contribution in [-0.2, 0) is 13.0 Å². The fourth-order valence-corrected chi connectivity index (χ4v) is 2.92. The zero-order valence-corrected chi connectivity index (χ0v) is 10.7. The summed E-state index contributed by atoms with van der Waals surface area (Å²) in [5.41, 5.74) is 0. The summed E-state index contributed by atoms with van der Waals surface area (Å²) in [6.45, 7) is 3.15. The van der Waals surface area contributed by atoms with Crippen molar-refractivity contribution in [1.29, 1.82) is 0 Å². The van der Waals surface area contributed by atoms with Crippen molar-refractivity contribution < 1.29 is 0 Å². The van der Waals surface area contributed by atoms with Gasteiger partial charge in [-0.3, -0.25) is 4.68 Å². The lowest BCUT2D eigenvalue weighted by Crippen LogP contribution is -2.19. The predicted molar refractivity (Wildman–Crippen MR) is 65.6 cm³/mol. The molecule has 90 valence electrons. The Bertz CT molecular complexity index is 324. The van der Waals surface area contributed by atoms with Gasteiger partial charge < -0.3 is 0 Å². The molecule has 0 bridgehead atoms. The zero-order chi connectivity index (χ0) is 11.4. The van der Waals surface area contributed by atoms with Gasteiger partial charge in [0, 0.05) is 18.3 Å². The van der Waals surface area contributed by atoms with Crippen LogP contribution in [0.25, 0.3) is 0 Å². The number of aromatic nitrogens is 3. The standard InChI is InChI=1S/C12H20ClN3/c1-2-6-16-12(14-9-15-16)8-10-4-3-5-11(13)7-10/h9-11H,2-8H2,1H3. The number of alkyl halides is 1. The molecule has 16 heavy (non-hydrogen) atoms. The van der Waals surface area contributed by atoms with Crippen molar-refractivity contribution in [2.24, 2.45) is 5.92 Å². The average Bonchev–Trinajstić information content (AvgIpc) is 2.66. The van der Waals surface area contributed by atoms with E-state index in [1.165, 1.54) is 19.3 Å². The summed E-state index contributed by atoms with van der Waals surface area (Å²) in [5.74, 6) is 1.84. The summed E-state index contributed by atoms with van der Waals surface area (Å²) < 4.78 is 2.04. The molecule has 0 aliphatic heterocycles. The third-order valence-electron chi connectivity index (χ3n) is 3.32. The van der Waals surface area contributed by atoms with Crippen molar-refractivity contribution in [3.63, 3.8) is 0 Å². The van der Waals surface area contributed by atoms with Gasteiger partial charge in [-0.2, -0.15) is 5.10 Å². The number of rotatable bonds is 4. The number of halogens is 1. The Labute approximate surface area is 102 Å². The van der Waals surface area contributed by atoms with Crippen molar-refractivity contribution in [3.05, 3.63) is 12.2 Å². The van der Waals surface area contributed by atoms with Gasteiger partial charge in [0.1, 0.15) is 12.2 Å². The fraction of sp³-hybridized carbons (Fsp3) is 0.833. The molecule has 2 rings (SSSR count). The maximum Gasteiger partial charge on any atom is 0.138 e. The molecule has 1 aliphatic rings. The molecular weight excluding hydrogens is 222 g/mol. The van der Waals surface area contributed by atoms with Gasteiger partial charge in [0.05, 0.1) is 0 Å². The summed E-state index contributed by atoms with van der Waals surface area (Å²) in [4.78, 5) is 4.36. The molecule has 1 saturated carbocycles. The van der Waals surface area contributed by atoms with Crippen molar-refractivity contribution >= 4 is 11.6 Å². The van der Waals surface area contributed by atoms with Crippen molar-refractivity contribution in [2.75, 3.05) is 0 Å². The largest absolute Gasteiger partial charge is 0.250 e. The molecule has 2 unspecified atom stereocenters. The first-order valence-corrected chi connectivity index (χ1v) is 6.74. The minimum atomic E-state index is 0.376.